The third kappa shape index (κ3) is 1.83. The summed E-state index contributed by atoms with van der Waals surface area (Å²) in [5, 5.41) is 9.65. The van der Waals surface area contributed by atoms with Crippen LogP contribution in [-0.2, 0) is 14.3 Å². The molecule has 0 aromatic heterocycles. The summed E-state index contributed by atoms with van der Waals surface area (Å²) in [5.41, 5.74) is 0.517. The number of alkyl halides is 1. The van der Waals surface area contributed by atoms with Crippen molar-refractivity contribution in [3.63, 3.8) is 0 Å². The van der Waals surface area contributed by atoms with Gasteiger partial charge in [-0.1, -0.05) is 41.4 Å². The van der Waals surface area contributed by atoms with Crippen LogP contribution < -0.4 is 0 Å². The third-order valence-corrected chi connectivity index (χ3v) is 11.1. The quantitative estimate of drug-likeness (QED) is 0.534. The number of ketones is 2. The van der Waals surface area contributed by atoms with Crippen molar-refractivity contribution in [2.24, 2.45) is 28.6 Å². The van der Waals surface area contributed by atoms with Crippen molar-refractivity contribution in [2.45, 2.75) is 62.5 Å². The summed E-state index contributed by atoms with van der Waals surface area (Å²) in [6, 6.07) is 0. The molecule has 5 aliphatic rings. The molecule has 5 heteroatoms. The Balaban J connectivity index is 1.60. The van der Waals surface area contributed by atoms with E-state index in [1.165, 1.54) is 5.57 Å². The lowest BCUT2D eigenvalue weighted by Crippen LogP contribution is -2.60. The van der Waals surface area contributed by atoms with Gasteiger partial charge in [0, 0.05) is 5.41 Å². The molecule has 1 spiro atoms. The normalized spacial score (nSPS) is 55.1. The van der Waals surface area contributed by atoms with Gasteiger partial charge in [0.2, 0.25) is 0 Å². The Morgan fingerprint density at radius 1 is 1.37 bits per heavy atom. The Bertz CT molecular complexity index is 817. The minimum Gasteiger partial charge on any atom is -0.389 e. The Morgan fingerprint density at radius 3 is 2.81 bits per heavy atom. The van der Waals surface area contributed by atoms with E-state index < -0.39 is 10.9 Å². The Hall–Kier alpha value is -0.780. The van der Waals surface area contributed by atoms with E-state index in [1.54, 1.807) is 6.08 Å². The highest BCUT2D eigenvalue weighted by atomic mass is 79.9. The second kappa shape index (κ2) is 5.22. The molecule has 27 heavy (non-hydrogen) atoms. The molecule has 1 heterocycles. The third-order valence-electron chi connectivity index (χ3n) is 8.99. The number of hydrogen-bond donors (Lipinski definition) is 1. The molecule has 0 bridgehead atoms. The fourth-order valence-electron chi connectivity index (χ4n) is 7.66. The largest absolute Gasteiger partial charge is 0.389 e. The number of hydrogen-bond acceptors (Lipinski definition) is 4. The number of aliphatic hydroxyl groups excluding tert-OH is 1. The molecule has 0 amide bonds. The lowest BCUT2D eigenvalue weighted by atomic mass is 9.47. The molecule has 5 rings (SSSR count). The Morgan fingerprint density at radius 2 is 2.11 bits per heavy atom. The highest BCUT2D eigenvalue weighted by Crippen LogP contribution is 2.77. The zero-order chi connectivity index (χ0) is 19.4. The Labute approximate surface area is 168 Å². The average molecular weight is 435 g/mol. The van der Waals surface area contributed by atoms with Crippen LogP contribution in [0.25, 0.3) is 0 Å². The standard InChI is InChI=1S/C22H27BrO4/c1-12-8-16-15-5-4-13-9-14(25)6-7-19(13,2)22(15)18(27-22)10-20(16,3)21(12,23)17(26)11-24/h6-7,9,12,15-16,18,24H,4-5,8,10-11H2,1-3H3/t12-,15+,16+,18+,19+,20+,21+,22-/m1/s1. The van der Waals surface area contributed by atoms with Crippen LogP contribution in [0.5, 0.6) is 0 Å². The highest BCUT2D eigenvalue weighted by molar-refractivity contribution is 9.10. The van der Waals surface area contributed by atoms with E-state index in [2.05, 4.69) is 42.8 Å². The number of aliphatic hydroxyl groups is 1. The summed E-state index contributed by atoms with van der Waals surface area (Å²) < 4.78 is 5.84. The smallest absolute Gasteiger partial charge is 0.178 e. The van der Waals surface area contributed by atoms with E-state index in [4.69, 9.17) is 4.74 Å². The van der Waals surface area contributed by atoms with Crippen LogP contribution in [0.1, 0.15) is 46.5 Å². The summed E-state index contributed by atoms with van der Waals surface area (Å²) in [6.07, 6.45) is 9.41. The first-order chi connectivity index (χ1) is 12.6. The molecule has 1 saturated heterocycles. The molecule has 4 nitrogen and oxygen atoms in total. The number of Topliss-reactive ketones (excluding diaryl/α,β-unsaturated/α-hetero) is 1. The minimum atomic E-state index is -0.688. The maximum absolute atomic E-state index is 12.8. The van der Waals surface area contributed by atoms with Gasteiger partial charge in [0.15, 0.2) is 11.6 Å². The lowest BCUT2D eigenvalue weighted by Gasteiger charge is -2.55. The van der Waals surface area contributed by atoms with Gasteiger partial charge < -0.3 is 9.84 Å². The van der Waals surface area contributed by atoms with E-state index in [-0.39, 0.29) is 40.0 Å². The Kier molecular flexibility index (Phi) is 3.53. The highest BCUT2D eigenvalue weighted by Gasteiger charge is 2.81. The number of halogens is 1. The molecule has 0 unspecified atom stereocenters. The van der Waals surface area contributed by atoms with Crippen molar-refractivity contribution >= 4 is 27.5 Å². The lowest BCUT2D eigenvalue weighted by molar-refractivity contribution is -0.129. The predicted octanol–water partition coefficient (Wildman–Crippen LogP) is 3.37. The second-order valence-corrected chi connectivity index (χ2v) is 11.1. The summed E-state index contributed by atoms with van der Waals surface area (Å²) in [5.74, 6) is 0.895. The molecule has 8 atom stereocenters. The van der Waals surface area contributed by atoms with Crippen molar-refractivity contribution in [1.82, 2.24) is 0 Å². The number of ether oxygens (including phenoxy) is 1. The van der Waals surface area contributed by atoms with Crippen molar-refractivity contribution < 1.29 is 19.4 Å². The van der Waals surface area contributed by atoms with Gasteiger partial charge in [-0.15, -0.1) is 0 Å². The van der Waals surface area contributed by atoms with Gasteiger partial charge in [0.25, 0.3) is 0 Å². The first-order valence-electron chi connectivity index (χ1n) is 10.1. The van der Waals surface area contributed by atoms with E-state index in [1.807, 2.05) is 6.08 Å². The van der Waals surface area contributed by atoms with Gasteiger partial charge in [-0.05, 0) is 67.9 Å². The fraction of sp³-hybridized carbons (Fsp3) is 0.727. The van der Waals surface area contributed by atoms with Gasteiger partial charge >= 0.3 is 0 Å². The summed E-state index contributed by atoms with van der Waals surface area (Å²) in [4.78, 5) is 24.8. The van der Waals surface area contributed by atoms with Crippen LogP contribution in [0.2, 0.25) is 0 Å². The number of rotatable bonds is 2. The van der Waals surface area contributed by atoms with Gasteiger partial charge in [-0.2, -0.15) is 0 Å². The SMILES string of the molecule is C[C@@H]1C[C@H]2[C@@H]3CCC4=CC(=O)C=C[C@]4(C)[C@@]34O[C@H]4C[C@]2(C)[C@@]1(Br)C(=O)CO. The molecular formula is C22H27BrO4. The van der Waals surface area contributed by atoms with Crippen LogP contribution in [0, 0.1) is 28.6 Å². The number of fused-ring (bicyclic) bond motifs is 3. The number of epoxide rings is 1. The van der Waals surface area contributed by atoms with Crippen molar-refractivity contribution in [3.05, 3.63) is 23.8 Å². The van der Waals surface area contributed by atoms with Crippen LogP contribution in [0.15, 0.2) is 23.8 Å². The van der Waals surface area contributed by atoms with E-state index in [0.29, 0.717) is 11.8 Å². The fourth-order valence-corrected chi connectivity index (χ4v) is 8.43. The van der Waals surface area contributed by atoms with Crippen LogP contribution in [0.4, 0.5) is 0 Å². The van der Waals surface area contributed by atoms with Crippen molar-refractivity contribution in [2.75, 3.05) is 6.61 Å². The molecule has 0 aromatic rings. The van der Waals surface area contributed by atoms with Gasteiger partial charge in [0.05, 0.1) is 10.4 Å². The summed E-state index contributed by atoms with van der Waals surface area (Å²) >= 11 is 3.85. The second-order valence-electron chi connectivity index (χ2n) is 9.81. The van der Waals surface area contributed by atoms with E-state index >= 15 is 0 Å². The maximum Gasteiger partial charge on any atom is 0.178 e. The minimum absolute atomic E-state index is 0.0812. The molecule has 1 N–H and O–H groups in total. The molecule has 0 aromatic carbocycles. The first kappa shape index (κ1) is 18.3. The van der Waals surface area contributed by atoms with Crippen LogP contribution in [-0.4, -0.2) is 39.3 Å². The topological polar surface area (TPSA) is 66.9 Å². The van der Waals surface area contributed by atoms with Gasteiger partial charge in [0.1, 0.15) is 12.2 Å². The number of carbonyl (C=O) groups excluding carboxylic acids is 2. The van der Waals surface area contributed by atoms with E-state index in [9.17, 15) is 14.7 Å². The molecular weight excluding hydrogens is 408 g/mol. The monoisotopic (exact) mass is 434 g/mol. The van der Waals surface area contributed by atoms with Crippen molar-refractivity contribution in [1.29, 1.82) is 0 Å². The molecule has 1 aliphatic heterocycles. The zero-order valence-corrected chi connectivity index (χ0v) is 17.7. The summed E-state index contributed by atoms with van der Waals surface area (Å²) in [6.45, 7) is 6.17. The molecule has 4 fully saturated rings. The molecule has 3 saturated carbocycles. The van der Waals surface area contributed by atoms with Crippen LogP contribution >= 0.6 is 15.9 Å². The number of allylic oxidation sites excluding steroid dienone is 2. The zero-order valence-electron chi connectivity index (χ0n) is 16.1. The number of carbonyl (C=O) groups is 2. The molecule has 146 valence electrons. The maximum atomic E-state index is 12.8. The van der Waals surface area contributed by atoms with E-state index in [0.717, 1.165) is 25.7 Å². The predicted molar refractivity (Wildman–Crippen MR) is 104 cm³/mol. The van der Waals surface area contributed by atoms with Gasteiger partial charge in [-0.3, -0.25) is 9.59 Å². The molecule has 0 radical (unpaired) electrons. The summed E-state index contributed by atoms with van der Waals surface area (Å²) in [7, 11) is 0. The average Bonchev–Trinajstić information content (AvgIpc) is 3.31. The van der Waals surface area contributed by atoms with Crippen molar-refractivity contribution in [3.8, 4) is 0 Å². The van der Waals surface area contributed by atoms with Crippen LogP contribution in [0.3, 0.4) is 0 Å². The molecule has 4 aliphatic carbocycles. The van der Waals surface area contributed by atoms with Gasteiger partial charge in [-0.25, -0.2) is 0 Å². The first-order valence-corrected chi connectivity index (χ1v) is 10.9.